The van der Waals surface area contributed by atoms with Crippen molar-refractivity contribution in [3.8, 4) is 0 Å². The summed E-state index contributed by atoms with van der Waals surface area (Å²) in [4.78, 5) is 8.00. The van der Waals surface area contributed by atoms with Gasteiger partial charge in [0.25, 0.3) is 0 Å². The molecule has 1 N–H and O–H groups in total. The van der Waals surface area contributed by atoms with Crippen molar-refractivity contribution in [2.24, 2.45) is 0 Å². The Kier molecular flexibility index (Phi) is 4.91. The lowest BCUT2D eigenvalue weighted by Gasteiger charge is -2.40. The van der Waals surface area contributed by atoms with Crippen molar-refractivity contribution in [1.82, 2.24) is 9.97 Å². The lowest BCUT2D eigenvalue weighted by Crippen LogP contribution is -2.43. The quantitative estimate of drug-likeness (QED) is 0.899. The third-order valence-electron chi connectivity index (χ3n) is 4.32. The SMILES string of the molecule is CCc1ncnc(NC2CCOC(CC)(CC)C2)c1F. The van der Waals surface area contributed by atoms with Gasteiger partial charge in [0.2, 0.25) is 0 Å². The monoisotopic (exact) mass is 281 g/mol. The van der Waals surface area contributed by atoms with Gasteiger partial charge in [-0.25, -0.2) is 14.4 Å². The van der Waals surface area contributed by atoms with Gasteiger partial charge in [0.15, 0.2) is 11.6 Å². The number of ether oxygens (including phenoxy) is 1. The summed E-state index contributed by atoms with van der Waals surface area (Å²) >= 11 is 0. The van der Waals surface area contributed by atoms with E-state index in [1.54, 1.807) is 0 Å². The van der Waals surface area contributed by atoms with Crippen LogP contribution in [-0.2, 0) is 11.2 Å². The largest absolute Gasteiger partial charge is 0.375 e. The Balaban J connectivity index is 2.10. The Bertz CT molecular complexity index is 449. The molecule has 0 aromatic carbocycles. The number of hydrogen-bond donors (Lipinski definition) is 1. The number of aryl methyl sites for hydroxylation is 1. The van der Waals surface area contributed by atoms with Gasteiger partial charge in [-0.15, -0.1) is 0 Å². The van der Waals surface area contributed by atoms with Crippen molar-refractivity contribution in [1.29, 1.82) is 0 Å². The van der Waals surface area contributed by atoms with Gasteiger partial charge in [0.1, 0.15) is 6.33 Å². The molecule has 0 aliphatic carbocycles. The molecule has 1 aliphatic heterocycles. The normalized spacial score (nSPS) is 21.7. The molecule has 5 heteroatoms. The second-order valence-electron chi connectivity index (χ2n) is 5.41. The molecule has 0 amide bonds. The Labute approximate surface area is 120 Å². The summed E-state index contributed by atoms with van der Waals surface area (Å²) in [6.45, 7) is 6.90. The molecule has 2 rings (SSSR count). The zero-order valence-electron chi connectivity index (χ0n) is 12.6. The molecule has 112 valence electrons. The lowest BCUT2D eigenvalue weighted by atomic mass is 9.86. The fourth-order valence-corrected chi connectivity index (χ4v) is 2.84. The number of aromatic nitrogens is 2. The molecule has 1 aromatic rings. The maximum atomic E-state index is 14.2. The summed E-state index contributed by atoms with van der Waals surface area (Å²) in [5.74, 6) is 0.00458. The number of nitrogens with zero attached hydrogens (tertiary/aromatic N) is 2. The van der Waals surface area contributed by atoms with Crippen molar-refractivity contribution >= 4 is 5.82 Å². The average Bonchev–Trinajstić information content (AvgIpc) is 2.49. The Morgan fingerprint density at radius 3 is 2.75 bits per heavy atom. The zero-order valence-corrected chi connectivity index (χ0v) is 12.6. The van der Waals surface area contributed by atoms with E-state index in [0.717, 1.165) is 25.7 Å². The molecule has 0 radical (unpaired) electrons. The molecular weight excluding hydrogens is 257 g/mol. The van der Waals surface area contributed by atoms with Crippen LogP contribution >= 0.6 is 0 Å². The third-order valence-corrected chi connectivity index (χ3v) is 4.32. The number of anilines is 1. The summed E-state index contributed by atoms with van der Waals surface area (Å²) in [7, 11) is 0. The predicted octanol–water partition coefficient (Wildman–Crippen LogP) is 3.33. The fourth-order valence-electron chi connectivity index (χ4n) is 2.84. The minimum absolute atomic E-state index is 0.0764. The summed E-state index contributed by atoms with van der Waals surface area (Å²) < 4.78 is 20.1. The Morgan fingerprint density at radius 2 is 2.10 bits per heavy atom. The van der Waals surface area contributed by atoms with Gasteiger partial charge in [-0.1, -0.05) is 20.8 Å². The molecule has 20 heavy (non-hydrogen) atoms. The van der Waals surface area contributed by atoms with Crippen LogP contribution in [-0.4, -0.2) is 28.2 Å². The van der Waals surface area contributed by atoms with Gasteiger partial charge in [-0.2, -0.15) is 0 Å². The first-order chi connectivity index (χ1) is 9.64. The van der Waals surface area contributed by atoms with E-state index in [1.165, 1.54) is 6.33 Å². The van der Waals surface area contributed by atoms with Crippen LogP contribution in [0.3, 0.4) is 0 Å². The number of hydrogen-bond acceptors (Lipinski definition) is 4. The molecule has 4 nitrogen and oxygen atoms in total. The maximum Gasteiger partial charge on any atom is 0.186 e. The zero-order chi connectivity index (χ0) is 14.6. The first-order valence-corrected chi connectivity index (χ1v) is 7.54. The van der Waals surface area contributed by atoms with Crippen molar-refractivity contribution in [3.63, 3.8) is 0 Å². The molecule has 1 aliphatic rings. The van der Waals surface area contributed by atoms with E-state index in [4.69, 9.17) is 4.74 Å². The van der Waals surface area contributed by atoms with Crippen molar-refractivity contribution in [2.45, 2.75) is 64.5 Å². The Morgan fingerprint density at radius 1 is 1.35 bits per heavy atom. The van der Waals surface area contributed by atoms with Gasteiger partial charge in [0, 0.05) is 12.6 Å². The highest BCUT2D eigenvalue weighted by Gasteiger charge is 2.34. The summed E-state index contributed by atoms with van der Waals surface area (Å²) in [6.07, 6.45) is 5.74. The highest BCUT2D eigenvalue weighted by molar-refractivity contribution is 5.38. The van der Waals surface area contributed by atoms with Crippen molar-refractivity contribution < 1.29 is 9.13 Å². The van der Waals surface area contributed by atoms with Crippen LogP contribution in [0.2, 0.25) is 0 Å². The van der Waals surface area contributed by atoms with Gasteiger partial charge >= 0.3 is 0 Å². The summed E-state index contributed by atoms with van der Waals surface area (Å²) in [5.41, 5.74) is 0.388. The minimum atomic E-state index is -0.319. The molecule has 2 heterocycles. The van der Waals surface area contributed by atoms with Gasteiger partial charge in [-0.05, 0) is 32.1 Å². The molecule has 1 saturated heterocycles. The molecular formula is C15H24FN3O. The van der Waals surface area contributed by atoms with E-state index < -0.39 is 0 Å². The van der Waals surface area contributed by atoms with E-state index in [0.29, 0.717) is 24.5 Å². The minimum Gasteiger partial charge on any atom is -0.375 e. The highest BCUT2D eigenvalue weighted by atomic mass is 19.1. The molecule has 1 atom stereocenters. The molecule has 1 fully saturated rings. The van der Waals surface area contributed by atoms with E-state index in [2.05, 4.69) is 29.1 Å². The van der Waals surface area contributed by atoms with Gasteiger partial charge in [-0.3, -0.25) is 0 Å². The lowest BCUT2D eigenvalue weighted by molar-refractivity contribution is -0.0865. The molecule has 1 unspecified atom stereocenters. The smallest absolute Gasteiger partial charge is 0.186 e. The Hall–Kier alpha value is -1.23. The topological polar surface area (TPSA) is 47.0 Å². The van der Waals surface area contributed by atoms with Crippen LogP contribution in [0.1, 0.15) is 52.1 Å². The first-order valence-electron chi connectivity index (χ1n) is 7.54. The van der Waals surface area contributed by atoms with Crippen LogP contribution in [0.5, 0.6) is 0 Å². The van der Waals surface area contributed by atoms with E-state index in [-0.39, 0.29) is 17.5 Å². The highest BCUT2D eigenvalue weighted by Crippen LogP contribution is 2.32. The molecule has 0 bridgehead atoms. The van der Waals surface area contributed by atoms with E-state index >= 15 is 0 Å². The fraction of sp³-hybridized carbons (Fsp3) is 0.733. The maximum absolute atomic E-state index is 14.2. The second-order valence-corrected chi connectivity index (χ2v) is 5.41. The van der Waals surface area contributed by atoms with Crippen molar-refractivity contribution in [2.75, 3.05) is 11.9 Å². The second kappa shape index (κ2) is 6.48. The van der Waals surface area contributed by atoms with Gasteiger partial charge < -0.3 is 10.1 Å². The van der Waals surface area contributed by atoms with Crippen LogP contribution in [0.4, 0.5) is 10.2 Å². The summed E-state index contributed by atoms with van der Waals surface area (Å²) in [6, 6.07) is 0.206. The number of nitrogens with one attached hydrogen (secondary N) is 1. The predicted molar refractivity (Wildman–Crippen MR) is 77.3 cm³/mol. The van der Waals surface area contributed by atoms with Crippen molar-refractivity contribution in [3.05, 3.63) is 17.8 Å². The molecule has 0 saturated carbocycles. The standard InChI is InChI=1S/C15H24FN3O/c1-4-12-13(16)14(18-10-17-12)19-11-7-8-20-15(5-2,6-3)9-11/h10-11H,4-9H2,1-3H3,(H,17,18,19). The summed E-state index contributed by atoms with van der Waals surface area (Å²) in [5, 5.41) is 3.24. The first kappa shape index (κ1) is 15.2. The van der Waals surface area contributed by atoms with E-state index in [1.807, 2.05) is 6.92 Å². The van der Waals surface area contributed by atoms with Crippen LogP contribution in [0.25, 0.3) is 0 Å². The number of halogens is 1. The van der Waals surface area contributed by atoms with Gasteiger partial charge in [0.05, 0.1) is 11.3 Å². The van der Waals surface area contributed by atoms with Crippen LogP contribution in [0.15, 0.2) is 6.33 Å². The molecule has 1 aromatic heterocycles. The van der Waals surface area contributed by atoms with E-state index in [9.17, 15) is 4.39 Å². The number of rotatable bonds is 5. The molecule has 0 spiro atoms. The van der Waals surface area contributed by atoms with Crippen LogP contribution < -0.4 is 5.32 Å². The van der Waals surface area contributed by atoms with Crippen LogP contribution in [0, 0.1) is 5.82 Å². The average molecular weight is 281 g/mol. The third kappa shape index (κ3) is 3.08.